The van der Waals surface area contributed by atoms with Crippen molar-refractivity contribution in [2.45, 2.75) is 6.54 Å². The highest BCUT2D eigenvalue weighted by Crippen LogP contribution is 2.15. The second kappa shape index (κ2) is 4.11. The molecule has 1 aromatic heterocycles. The summed E-state index contributed by atoms with van der Waals surface area (Å²) in [5, 5.41) is 0. The van der Waals surface area contributed by atoms with Crippen molar-refractivity contribution in [1.82, 2.24) is 4.98 Å². The molecule has 0 spiro atoms. The Hall–Kier alpha value is -1.87. The summed E-state index contributed by atoms with van der Waals surface area (Å²) in [7, 11) is 0. The van der Waals surface area contributed by atoms with Gasteiger partial charge in [-0.15, -0.1) is 0 Å². The Morgan fingerprint density at radius 2 is 1.87 bits per heavy atom. The summed E-state index contributed by atoms with van der Waals surface area (Å²) in [6.07, 6.45) is 0. The Morgan fingerprint density at radius 1 is 1.13 bits per heavy atom. The molecule has 0 aliphatic rings. The fourth-order valence-electron chi connectivity index (χ4n) is 1.49. The van der Waals surface area contributed by atoms with Gasteiger partial charge >= 0.3 is 0 Å². The van der Waals surface area contributed by atoms with Crippen LogP contribution in [-0.2, 0) is 6.54 Å². The Labute approximate surface area is 87.6 Å². The van der Waals surface area contributed by atoms with Gasteiger partial charge in [-0.3, -0.25) is 4.79 Å². The van der Waals surface area contributed by atoms with Crippen LogP contribution >= 0.6 is 0 Å². The minimum Gasteiger partial charge on any atom is -0.326 e. The average molecular weight is 200 g/mol. The first kappa shape index (κ1) is 9.68. The van der Waals surface area contributed by atoms with Crippen LogP contribution in [0.1, 0.15) is 5.56 Å². The van der Waals surface area contributed by atoms with Crippen LogP contribution in [-0.4, -0.2) is 4.98 Å². The molecule has 0 unspecified atom stereocenters. The van der Waals surface area contributed by atoms with Crippen LogP contribution in [0.25, 0.3) is 11.3 Å². The third-order valence-corrected chi connectivity index (χ3v) is 2.22. The van der Waals surface area contributed by atoms with Gasteiger partial charge in [0.1, 0.15) is 0 Å². The van der Waals surface area contributed by atoms with Crippen LogP contribution in [0.5, 0.6) is 0 Å². The third-order valence-electron chi connectivity index (χ3n) is 2.22. The zero-order chi connectivity index (χ0) is 10.7. The van der Waals surface area contributed by atoms with Gasteiger partial charge in [0.25, 0.3) is 0 Å². The molecular formula is C12H12N2O. The summed E-state index contributed by atoms with van der Waals surface area (Å²) in [5.41, 5.74) is 8.04. The highest BCUT2D eigenvalue weighted by molar-refractivity contribution is 5.59. The van der Waals surface area contributed by atoms with Gasteiger partial charge in [0.2, 0.25) is 5.56 Å². The monoisotopic (exact) mass is 200 g/mol. The summed E-state index contributed by atoms with van der Waals surface area (Å²) in [6, 6.07) is 13.1. The maximum absolute atomic E-state index is 11.3. The van der Waals surface area contributed by atoms with E-state index < -0.39 is 0 Å². The second-order valence-electron chi connectivity index (χ2n) is 3.34. The smallest absolute Gasteiger partial charge is 0.248 e. The molecule has 0 saturated carbocycles. The van der Waals surface area contributed by atoms with E-state index in [2.05, 4.69) is 4.98 Å². The molecule has 1 aromatic carbocycles. The van der Waals surface area contributed by atoms with Crippen molar-refractivity contribution in [3.8, 4) is 11.3 Å². The van der Waals surface area contributed by atoms with Gasteiger partial charge in [-0.25, -0.2) is 0 Å². The van der Waals surface area contributed by atoms with E-state index in [0.717, 1.165) is 16.8 Å². The van der Waals surface area contributed by atoms with Gasteiger partial charge in [0.05, 0.1) is 0 Å². The molecule has 0 amide bonds. The molecule has 0 fully saturated rings. The van der Waals surface area contributed by atoms with Crippen LogP contribution < -0.4 is 11.3 Å². The first-order valence-electron chi connectivity index (χ1n) is 4.78. The summed E-state index contributed by atoms with van der Waals surface area (Å²) in [6.45, 7) is 0.379. The lowest BCUT2D eigenvalue weighted by atomic mass is 10.1. The molecule has 3 nitrogen and oxygen atoms in total. The van der Waals surface area contributed by atoms with Crippen molar-refractivity contribution in [3.63, 3.8) is 0 Å². The largest absolute Gasteiger partial charge is 0.326 e. The first-order valence-corrected chi connectivity index (χ1v) is 4.78. The highest BCUT2D eigenvalue weighted by atomic mass is 16.1. The third kappa shape index (κ3) is 2.14. The quantitative estimate of drug-likeness (QED) is 0.771. The van der Waals surface area contributed by atoms with Crippen molar-refractivity contribution >= 4 is 0 Å². The van der Waals surface area contributed by atoms with Gasteiger partial charge in [0, 0.05) is 18.3 Å². The predicted octanol–water partition coefficient (Wildman–Crippen LogP) is 1.50. The number of pyridine rings is 1. The number of hydrogen-bond acceptors (Lipinski definition) is 2. The van der Waals surface area contributed by atoms with Crippen molar-refractivity contribution in [2.24, 2.45) is 5.73 Å². The highest BCUT2D eigenvalue weighted by Gasteiger charge is 1.99. The van der Waals surface area contributed by atoms with E-state index in [1.807, 2.05) is 36.4 Å². The van der Waals surface area contributed by atoms with E-state index in [4.69, 9.17) is 5.73 Å². The zero-order valence-electron chi connectivity index (χ0n) is 8.23. The molecule has 15 heavy (non-hydrogen) atoms. The van der Waals surface area contributed by atoms with Gasteiger partial charge in [-0.2, -0.15) is 0 Å². The molecule has 3 heteroatoms. The first-order chi connectivity index (χ1) is 7.29. The molecule has 0 aliphatic heterocycles. The molecule has 0 saturated heterocycles. The number of aromatic amines is 1. The second-order valence-corrected chi connectivity index (χ2v) is 3.34. The summed E-state index contributed by atoms with van der Waals surface area (Å²) in [5.74, 6) is 0. The van der Waals surface area contributed by atoms with Crippen molar-refractivity contribution in [2.75, 3.05) is 0 Å². The van der Waals surface area contributed by atoms with E-state index in [9.17, 15) is 4.79 Å². The molecule has 2 aromatic rings. The van der Waals surface area contributed by atoms with E-state index in [-0.39, 0.29) is 5.56 Å². The predicted molar refractivity (Wildman–Crippen MR) is 60.4 cm³/mol. The van der Waals surface area contributed by atoms with Gasteiger partial charge in [0.15, 0.2) is 0 Å². The minimum atomic E-state index is -0.114. The van der Waals surface area contributed by atoms with Gasteiger partial charge in [-0.05, 0) is 17.2 Å². The Bertz CT molecular complexity index is 503. The van der Waals surface area contributed by atoms with Crippen molar-refractivity contribution < 1.29 is 0 Å². The van der Waals surface area contributed by atoms with E-state index in [1.165, 1.54) is 6.07 Å². The number of nitrogens with two attached hydrogens (primary N) is 1. The SMILES string of the molecule is NCc1cc(-c2ccccc2)[nH]c(=O)c1. The van der Waals surface area contributed by atoms with Gasteiger partial charge in [-0.1, -0.05) is 30.3 Å². The summed E-state index contributed by atoms with van der Waals surface area (Å²) < 4.78 is 0. The molecule has 0 aliphatic carbocycles. The lowest BCUT2D eigenvalue weighted by Crippen LogP contribution is -2.09. The molecule has 0 radical (unpaired) electrons. The van der Waals surface area contributed by atoms with Crippen LogP contribution in [0.3, 0.4) is 0 Å². The van der Waals surface area contributed by atoms with Crippen LogP contribution in [0.2, 0.25) is 0 Å². The molecule has 1 heterocycles. The summed E-state index contributed by atoms with van der Waals surface area (Å²) in [4.78, 5) is 14.1. The Morgan fingerprint density at radius 3 is 2.53 bits per heavy atom. The van der Waals surface area contributed by atoms with E-state index >= 15 is 0 Å². The fourth-order valence-corrected chi connectivity index (χ4v) is 1.49. The summed E-state index contributed by atoms with van der Waals surface area (Å²) >= 11 is 0. The van der Waals surface area contributed by atoms with Crippen LogP contribution in [0.4, 0.5) is 0 Å². The molecule has 0 bridgehead atoms. The number of H-pyrrole nitrogens is 1. The number of aromatic nitrogens is 1. The molecular weight excluding hydrogens is 188 g/mol. The Balaban J connectivity index is 2.54. The average Bonchev–Trinajstić information content (AvgIpc) is 2.29. The maximum atomic E-state index is 11.3. The lowest BCUT2D eigenvalue weighted by Gasteiger charge is -2.03. The van der Waals surface area contributed by atoms with Crippen molar-refractivity contribution in [3.05, 3.63) is 58.4 Å². The van der Waals surface area contributed by atoms with E-state index in [0.29, 0.717) is 6.54 Å². The molecule has 0 atom stereocenters. The molecule has 3 N–H and O–H groups in total. The number of hydrogen-bond donors (Lipinski definition) is 2. The Kier molecular flexibility index (Phi) is 2.65. The number of rotatable bonds is 2. The van der Waals surface area contributed by atoms with Crippen LogP contribution in [0, 0.1) is 0 Å². The minimum absolute atomic E-state index is 0.114. The standard InChI is InChI=1S/C12H12N2O/c13-8-9-6-11(14-12(15)7-9)10-4-2-1-3-5-10/h1-7H,8,13H2,(H,14,15). The molecule has 2 rings (SSSR count). The van der Waals surface area contributed by atoms with Crippen molar-refractivity contribution in [1.29, 1.82) is 0 Å². The van der Waals surface area contributed by atoms with Gasteiger partial charge < -0.3 is 10.7 Å². The topological polar surface area (TPSA) is 58.9 Å². The van der Waals surface area contributed by atoms with Crippen LogP contribution in [0.15, 0.2) is 47.3 Å². The normalized spacial score (nSPS) is 10.2. The fraction of sp³-hybridized carbons (Fsp3) is 0.0833. The molecule has 76 valence electrons. The van der Waals surface area contributed by atoms with E-state index in [1.54, 1.807) is 0 Å². The lowest BCUT2D eigenvalue weighted by molar-refractivity contribution is 1.05. The number of benzene rings is 1. The maximum Gasteiger partial charge on any atom is 0.248 e. The zero-order valence-corrected chi connectivity index (χ0v) is 8.23. The number of nitrogens with one attached hydrogen (secondary N) is 1.